The molecule has 0 saturated carbocycles. The average molecular weight is 364 g/mol. The number of hydrogen-bond acceptors (Lipinski definition) is 6. The Kier molecular flexibility index (Phi) is 8.08. The second kappa shape index (κ2) is 9.79. The van der Waals surface area contributed by atoms with Crippen LogP contribution < -0.4 is 16.0 Å². The number of carbonyl (C=O) groups is 3. The smallest absolute Gasteiger partial charge is 0.236 e. The zero-order valence-electron chi connectivity index (χ0n) is 16.1. The molecule has 0 unspecified atom stereocenters. The van der Waals surface area contributed by atoms with Gasteiger partial charge in [0.15, 0.2) is 0 Å². The summed E-state index contributed by atoms with van der Waals surface area (Å²) in [5, 5.41) is 7.68. The summed E-state index contributed by atoms with van der Waals surface area (Å²) in [6.07, 6.45) is 2.25. The molecule has 144 valence electrons. The largest absolute Gasteiger partial charge is 0.294 e. The van der Waals surface area contributed by atoms with Crippen molar-refractivity contribution in [3.05, 3.63) is 0 Å². The quantitative estimate of drug-likeness (QED) is 0.651. The Labute approximate surface area is 153 Å². The SMILES string of the molecule is CCCC(=O)Nc1nc(NC(=O)CCC)nc(NC(=O)CC(C)(C)C)n1. The number of nitrogens with zero attached hydrogens (tertiary/aromatic N) is 3. The van der Waals surface area contributed by atoms with Crippen molar-refractivity contribution in [2.75, 3.05) is 16.0 Å². The molecule has 0 atom stereocenters. The van der Waals surface area contributed by atoms with Crippen LogP contribution in [-0.2, 0) is 14.4 Å². The van der Waals surface area contributed by atoms with Crippen LogP contribution >= 0.6 is 0 Å². The molecule has 0 aromatic carbocycles. The van der Waals surface area contributed by atoms with Crippen molar-refractivity contribution in [2.24, 2.45) is 5.41 Å². The van der Waals surface area contributed by atoms with Crippen molar-refractivity contribution in [1.29, 1.82) is 0 Å². The molecule has 0 spiro atoms. The molecule has 9 nitrogen and oxygen atoms in total. The summed E-state index contributed by atoms with van der Waals surface area (Å²) < 4.78 is 0. The third kappa shape index (κ3) is 8.50. The van der Waals surface area contributed by atoms with Crippen LogP contribution in [0.1, 0.15) is 66.7 Å². The van der Waals surface area contributed by atoms with Gasteiger partial charge in [-0.3, -0.25) is 30.3 Å². The Morgan fingerprint density at radius 2 is 1.08 bits per heavy atom. The topological polar surface area (TPSA) is 126 Å². The summed E-state index contributed by atoms with van der Waals surface area (Å²) >= 11 is 0. The summed E-state index contributed by atoms with van der Waals surface area (Å²) in [6.45, 7) is 9.56. The third-order valence-corrected chi connectivity index (χ3v) is 3.03. The standard InChI is InChI=1S/C17H28N6O3/c1-6-8-11(24)18-14-21-15(19-12(25)9-7-2)23-16(22-14)20-13(26)10-17(3,4)5/h6-10H2,1-5H3,(H3,18,19,20,21,22,23,24,25,26). The van der Waals surface area contributed by atoms with E-state index in [0.717, 1.165) is 0 Å². The second-order valence-corrected chi connectivity index (χ2v) is 7.19. The molecule has 9 heteroatoms. The van der Waals surface area contributed by atoms with Crippen LogP contribution in [0.3, 0.4) is 0 Å². The normalized spacial score (nSPS) is 11.0. The van der Waals surface area contributed by atoms with Crippen molar-refractivity contribution >= 4 is 35.6 Å². The van der Waals surface area contributed by atoms with Gasteiger partial charge in [-0.1, -0.05) is 34.6 Å². The van der Waals surface area contributed by atoms with Gasteiger partial charge < -0.3 is 0 Å². The van der Waals surface area contributed by atoms with Crippen LogP contribution in [0.25, 0.3) is 0 Å². The van der Waals surface area contributed by atoms with Crippen LogP contribution in [0, 0.1) is 5.41 Å². The minimum absolute atomic E-state index is 0.0173. The van der Waals surface area contributed by atoms with Crippen molar-refractivity contribution in [2.45, 2.75) is 66.7 Å². The first kappa shape index (κ1) is 21.5. The zero-order valence-corrected chi connectivity index (χ0v) is 16.1. The van der Waals surface area contributed by atoms with E-state index in [4.69, 9.17) is 0 Å². The minimum Gasteiger partial charge on any atom is -0.294 e. The number of rotatable bonds is 8. The molecule has 0 radical (unpaired) electrons. The lowest BCUT2D eigenvalue weighted by Gasteiger charge is -2.17. The maximum absolute atomic E-state index is 12.1. The molecule has 0 aliphatic heterocycles. The molecule has 1 aromatic rings. The van der Waals surface area contributed by atoms with Crippen molar-refractivity contribution in [1.82, 2.24) is 15.0 Å². The van der Waals surface area contributed by atoms with E-state index in [1.54, 1.807) is 0 Å². The van der Waals surface area contributed by atoms with E-state index in [9.17, 15) is 14.4 Å². The number of amides is 3. The van der Waals surface area contributed by atoms with Crippen LogP contribution in [0.5, 0.6) is 0 Å². The fourth-order valence-electron chi connectivity index (χ4n) is 2.02. The van der Waals surface area contributed by atoms with Crippen LogP contribution in [-0.4, -0.2) is 32.7 Å². The lowest BCUT2D eigenvalue weighted by atomic mass is 9.92. The van der Waals surface area contributed by atoms with Gasteiger partial charge >= 0.3 is 0 Å². The predicted molar refractivity (Wildman–Crippen MR) is 99.6 cm³/mol. The maximum Gasteiger partial charge on any atom is 0.236 e. The number of aromatic nitrogens is 3. The van der Waals surface area contributed by atoms with Crippen molar-refractivity contribution in [3.63, 3.8) is 0 Å². The number of hydrogen-bond donors (Lipinski definition) is 3. The van der Waals surface area contributed by atoms with E-state index in [2.05, 4.69) is 30.9 Å². The van der Waals surface area contributed by atoms with Gasteiger partial charge in [0.1, 0.15) is 0 Å². The molecule has 1 aromatic heterocycles. The molecule has 0 fully saturated rings. The van der Waals surface area contributed by atoms with Crippen LogP contribution in [0.4, 0.5) is 17.8 Å². The summed E-state index contributed by atoms with van der Waals surface area (Å²) in [5.41, 5.74) is -0.201. The van der Waals surface area contributed by atoms with Gasteiger partial charge in [-0.05, 0) is 18.3 Å². The number of carbonyl (C=O) groups excluding carboxylic acids is 3. The zero-order chi connectivity index (χ0) is 19.7. The van der Waals surface area contributed by atoms with Crippen LogP contribution in [0.2, 0.25) is 0 Å². The molecular formula is C17H28N6O3. The van der Waals surface area contributed by atoms with E-state index in [0.29, 0.717) is 25.7 Å². The van der Waals surface area contributed by atoms with Gasteiger partial charge in [0.05, 0.1) is 0 Å². The molecule has 26 heavy (non-hydrogen) atoms. The molecule has 3 N–H and O–H groups in total. The average Bonchev–Trinajstić information content (AvgIpc) is 2.44. The number of anilines is 3. The fourth-order valence-corrected chi connectivity index (χ4v) is 2.02. The van der Waals surface area contributed by atoms with Crippen molar-refractivity contribution < 1.29 is 14.4 Å². The van der Waals surface area contributed by atoms with Crippen molar-refractivity contribution in [3.8, 4) is 0 Å². The minimum atomic E-state index is -0.264. The second-order valence-electron chi connectivity index (χ2n) is 7.19. The van der Waals surface area contributed by atoms with Gasteiger partial charge in [-0.25, -0.2) is 0 Å². The third-order valence-electron chi connectivity index (χ3n) is 3.03. The summed E-state index contributed by atoms with van der Waals surface area (Å²) in [7, 11) is 0. The van der Waals surface area contributed by atoms with E-state index in [1.165, 1.54) is 0 Å². The summed E-state index contributed by atoms with van der Waals surface area (Å²) in [4.78, 5) is 47.8. The number of nitrogens with one attached hydrogen (secondary N) is 3. The maximum atomic E-state index is 12.1. The highest BCUT2D eigenvalue weighted by molar-refractivity contribution is 5.92. The molecule has 0 aliphatic carbocycles. The first-order chi connectivity index (χ1) is 12.1. The summed E-state index contributed by atoms with van der Waals surface area (Å²) in [6, 6.07) is 0. The Morgan fingerprint density at radius 1 is 0.731 bits per heavy atom. The Balaban J connectivity index is 3.00. The summed E-state index contributed by atoms with van der Waals surface area (Å²) in [5.74, 6) is -0.825. The predicted octanol–water partition coefficient (Wildman–Crippen LogP) is 2.72. The monoisotopic (exact) mass is 364 g/mol. The van der Waals surface area contributed by atoms with Gasteiger partial charge in [-0.2, -0.15) is 15.0 Å². The molecule has 1 heterocycles. The molecule has 3 amide bonds. The van der Waals surface area contributed by atoms with Gasteiger partial charge in [-0.15, -0.1) is 0 Å². The molecule has 1 rings (SSSR count). The molecule has 0 saturated heterocycles. The van der Waals surface area contributed by atoms with Gasteiger partial charge in [0.2, 0.25) is 35.6 Å². The van der Waals surface area contributed by atoms with E-state index < -0.39 is 0 Å². The molecule has 0 bridgehead atoms. The highest BCUT2D eigenvalue weighted by Gasteiger charge is 2.18. The Morgan fingerprint density at radius 3 is 1.38 bits per heavy atom. The Hall–Kier alpha value is -2.58. The molecular weight excluding hydrogens is 336 g/mol. The van der Waals surface area contributed by atoms with E-state index in [-0.39, 0.29) is 47.4 Å². The highest BCUT2D eigenvalue weighted by Crippen LogP contribution is 2.19. The highest BCUT2D eigenvalue weighted by atomic mass is 16.2. The van der Waals surface area contributed by atoms with Gasteiger partial charge in [0, 0.05) is 19.3 Å². The lowest BCUT2D eigenvalue weighted by Crippen LogP contribution is -2.23. The van der Waals surface area contributed by atoms with E-state index >= 15 is 0 Å². The Bertz CT molecular complexity index is 616. The van der Waals surface area contributed by atoms with E-state index in [1.807, 2.05) is 34.6 Å². The molecule has 0 aliphatic rings. The van der Waals surface area contributed by atoms with Crippen LogP contribution in [0.15, 0.2) is 0 Å². The fraction of sp³-hybridized carbons (Fsp3) is 0.647. The lowest BCUT2D eigenvalue weighted by molar-refractivity contribution is -0.118. The first-order valence-electron chi connectivity index (χ1n) is 8.78. The van der Waals surface area contributed by atoms with Gasteiger partial charge in [0.25, 0.3) is 0 Å². The first-order valence-corrected chi connectivity index (χ1v) is 8.78.